The van der Waals surface area contributed by atoms with E-state index in [0.717, 1.165) is 25.1 Å². The average Bonchev–Trinajstić information content (AvgIpc) is 3.07. The molecule has 0 bridgehead atoms. The van der Waals surface area contributed by atoms with Crippen LogP contribution in [0.5, 0.6) is 0 Å². The van der Waals surface area contributed by atoms with E-state index in [4.69, 9.17) is 0 Å². The zero-order chi connectivity index (χ0) is 11.8. The molecule has 0 N–H and O–H groups in total. The molecule has 2 aromatic rings. The summed E-state index contributed by atoms with van der Waals surface area (Å²) in [5, 5.41) is 0. The van der Waals surface area contributed by atoms with Gasteiger partial charge in [0.2, 0.25) is 5.82 Å². The van der Waals surface area contributed by atoms with Crippen molar-refractivity contribution in [2.45, 2.75) is 32.2 Å². The molecule has 88 valence electrons. The van der Waals surface area contributed by atoms with Gasteiger partial charge in [0.15, 0.2) is 0 Å². The van der Waals surface area contributed by atoms with Crippen molar-refractivity contribution in [2.75, 3.05) is 0 Å². The summed E-state index contributed by atoms with van der Waals surface area (Å²) in [5.74, 6) is 1.32. The van der Waals surface area contributed by atoms with Gasteiger partial charge < -0.3 is 4.57 Å². The topological polar surface area (TPSA) is 52.7 Å². The molecule has 0 spiro atoms. The third-order valence-corrected chi connectivity index (χ3v) is 3.05. The van der Waals surface area contributed by atoms with E-state index < -0.39 is 0 Å². The van der Waals surface area contributed by atoms with E-state index in [0.29, 0.717) is 11.9 Å². The van der Waals surface area contributed by atoms with E-state index in [1.807, 2.05) is 6.92 Å². The van der Waals surface area contributed by atoms with E-state index in [2.05, 4.69) is 9.97 Å². The lowest BCUT2D eigenvalue weighted by atomic mass is 10.4. The van der Waals surface area contributed by atoms with Crippen LogP contribution in [0.25, 0.3) is 5.82 Å². The molecular formula is C12H14N4O. The quantitative estimate of drug-likeness (QED) is 0.799. The lowest BCUT2D eigenvalue weighted by molar-refractivity contribution is 0.683. The van der Waals surface area contributed by atoms with Crippen LogP contribution in [0.1, 0.15) is 31.6 Å². The number of hydrogen-bond donors (Lipinski definition) is 0. The molecule has 5 nitrogen and oxygen atoms in total. The van der Waals surface area contributed by atoms with Crippen molar-refractivity contribution in [1.82, 2.24) is 19.1 Å². The van der Waals surface area contributed by atoms with Crippen molar-refractivity contribution in [1.29, 1.82) is 0 Å². The highest BCUT2D eigenvalue weighted by atomic mass is 16.1. The standard InChI is InChI=1S/C12H14N4O/c1-2-10-13-5-8-16(10)11-12(17)15(7-6-14-11)9-3-4-9/h5-9H,2-4H2,1H3. The van der Waals surface area contributed by atoms with Gasteiger partial charge in [-0.3, -0.25) is 9.36 Å². The molecule has 0 unspecified atom stereocenters. The molecular weight excluding hydrogens is 216 g/mol. The zero-order valence-corrected chi connectivity index (χ0v) is 9.71. The molecule has 1 aliphatic rings. The number of aryl methyl sites for hydroxylation is 1. The minimum absolute atomic E-state index is 0.0253. The number of nitrogens with zero attached hydrogens (tertiary/aromatic N) is 4. The van der Waals surface area contributed by atoms with Crippen LogP contribution in [0.4, 0.5) is 0 Å². The van der Waals surface area contributed by atoms with E-state index >= 15 is 0 Å². The summed E-state index contributed by atoms with van der Waals surface area (Å²) >= 11 is 0. The van der Waals surface area contributed by atoms with Gasteiger partial charge in [-0.2, -0.15) is 0 Å². The van der Waals surface area contributed by atoms with Gasteiger partial charge in [0, 0.05) is 37.3 Å². The second kappa shape index (κ2) is 3.84. The van der Waals surface area contributed by atoms with Gasteiger partial charge in [-0.25, -0.2) is 9.97 Å². The third kappa shape index (κ3) is 1.67. The average molecular weight is 230 g/mol. The Morgan fingerprint density at radius 3 is 2.76 bits per heavy atom. The predicted octanol–water partition coefficient (Wildman–Crippen LogP) is 1.33. The summed E-state index contributed by atoms with van der Waals surface area (Å²) in [6.45, 7) is 2.02. The largest absolute Gasteiger partial charge is 0.308 e. The highest BCUT2D eigenvalue weighted by molar-refractivity contribution is 5.22. The second-order valence-corrected chi connectivity index (χ2v) is 4.26. The van der Waals surface area contributed by atoms with E-state index in [-0.39, 0.29) is 5.56 Å². The molecule has 0 amide bonds. The molecule has 1 fully saturated rings. The summed E-state index contributed by atoms with van der Waals surface area (Å²) in [6, 6.07) is 0.373. The Kier molecular flexibility index (Phi) is 2.31. The van der Waals surface area contributed by atoms with Gasteiger partial charge in [0.25, 0.3) is 5.56 Å². The Hall–Kier alpha value is -1.91. The second-order valence-electron chi connectivity index (χ2n) is 4.26. The molecule has 0 aromatic carbocycles. The number of hydrogen-bond acceptors (Lipinski definition) is 3. The van der Waals surface area contributed by atoms with Gasteiger partial charge in [0.1, 0.15) is 5.82 Å². The molecule has 0 saturated heterocycles. The van der Waals surface area contributed by atoms with E-state index in [9.17, 15) is 4.79 Å². The Morgan fingerprint density at radius 1 is 1.29 bits per heavy atom. The molecule has 17 heavy (non-hydrogen) atoms. The maximum Gasteiger partial charge on any atom is 0.294 e. The number of imidazole rings is 1. The van der Waals surface area contributed by atoms with Crippen LogP contribution < -0.4 is 5.56 Å². The number of aromatic nitrogens is 4. The molecule has 0 atom stereocenters. The highest BCUT2D eigenvalue weighted by Gasteiger charge is 2.25. The predicted molar refractivity (Wildman–Crippen MR) is 63.3 cm³/mol. The van der Waals surface area contributed by atoms with Gasteiger partial charge in [-0.05, 0) is 12.8 Å². The normalized spacial score (nSPS) is 15.1. The maximum atomic E-state index is 12.3. The zero-order valence-electron chi connectivity index (χ0n) is 9.71. The first-order valence-corrected chi connectivity index (χ1v) is 5.91. The van der Waals surface area contributed by atoms with Crippen molar-refractivity contribution in [3.05, 3.63) is 41.0 Å². The Balaban J connectivity index is 2.15. The lowest BCUT2D eigenvalue weighted by Crippen LogP contribution is -2.25. The third-order valence-electron chi connectivity index (χ3n) is 3.05. The van der Waals surface area contributed by atoms with Crippen molar-refractivity contribution in [3.8, 4) is 5.82 Å². The molecule has 0 radical (unpaired) electrons. The van der Waals surface area contributed by atoms with Gasteiger partial charge >= 0.3 is 0 Å². The van der Waals surface area contributed by atoms with Gasteiger partial charge in [0.05, 0.1) is 0 Å². The fourth-order valence-electron chi connectivity index (χ4n) is 2.01. The summed E-state index contributed by atoms with van der Waals surface area (Å²) in [7, 11) is 0. The minimum atomic E-state index is -0.0253. The van der Waals surface area contributed by atoms with Crippen LogP contribution in [0.15, 0.2) is 29.6 Å². The Morgan fingerprint density at radius 2 is 2.06 bits per heavy atom. The smallest absolute Gasteiger partial charge is 0.294 e. The summed E-state index contributed by atoms with van der Waals surface area (Å²) in [6.07, 6.45) is 9.92. The molecule has 2 heterocycles. The fourth-order valence-corrected chi connectivity index (χ4v) is 2.01. The van der Waals surface area contributed by atoms with Crippen LogP contribution in [-0.2, 0) is 6.42 Å². The Labute approximate surface area is 98.8 Å². The summed E-state index contributed by atoms with van der Waals surface area (Å²) < 4.78 is 3.56. The highest BCUT2D eigenvalue weighted by Crippen LogP contribution is 2.33. The van der Waals surface area contributed by atoms with E-state index in [1.54, 1.807) is 33.9 Å². The number of rotatable bonds is 3. The van der Waals surface area contributed by atoms with Gasteiger partial charge in [-0.15, -0.1) is 0 Å². The summed E-state index contributed by atoms with van der Waals surface area (Å²) in [4.78, 5) is 20.7. The fraction of sp³-hybridized carbons (Fsp3) is 0.417. The van der Waals surface area contributed by atoms with Crippen LogP contribution in [-0.4, -0.2) is 19.1 Å². The van der Waals surface area contributed by atoms with Crippen molar-refractivity contribution in [3.63, 3.8) is 0 Å². The molecule has 3 rings (SSSR count). The van der Waals surface area contributed by atoms with Crippen LogP contribution in [0, 0.1) is 0 Å². The van der Waals surface area contributed by atoms with Crippen molar-refractivity contribution >= 4 is 0 Å². The first kappa shape index (κ1) is 10.3. The van der Waals surface area contributed by atoms with E-state index in [1.165, 1.54) is 0 Å². The first-order valence-electron chi connectivity index (χ1n) is 5.91. The molecule has 1 saturated carbocycles. The SMILES string of the molecule is CCc1nccn1-c1nccn(C2CC2)c1=O. The van der Waals surface area contributed by atoms with Gasteiger partial charge in [-0.1, -0.05) is 6.92 Å². The monoisotopic (exact) mass is 230 g/mol. The van der Waals surface area contributed by atoms with Crippen LogP contribution in [0.3, 0.4) is 0 Å². The lowest BCUT2D eigenvalue weighted by Gasteiger charge is -2.08. The molecule has 0 aliphatic heterocycles. The van der Waals surface area contributed by atoms with Crippen LogP contribution in [0.2, 0.25) is 0 Å². The molecule has 1 aliphatic carbocycles. The molecule has 5 heteroatoms. The van der Waals surface area contributed by atoms with Crippen molar-refractivity contribution in [2.24, 2.45) is 0 Å². The van der Waals surface area contributed by atoms with Crippen LogP contribution >= 0.6 is 0 Å². The first-order chi connectivity index (χ1) is 8.31. The molecule has 2 aromatic heterocycles. The van der Waals surface area contributed by atoms with Crippen molar-refractivity contribution < 1.29 is 0 Å². The minimum Gasteiger partial charge on any atom is -0.308 e. The maximum absolute atomic E-state index is 12.3. The Bertz CT molecular complexity index is 595. The summed E-state index contributed by atoms with van der Waals surface area (Å²) in [5.41, 5.74) is -0.0253.